The first-order chi connectivity index (χ1) is 14.1. The number of fused-ring (bicyclic) bond motifs is 2. The molecule has 5 aromatic rings. The zero-order valence-electron chi connectivity index (χ0n) is 15.4. The molecule has 0 amide bonds. The molecule has 0 fully saturated rings. The van der Waals surface area contributed by atoms with Gasteiger partial charge in [-0.2, -0.15) is 0 Å². The smallest absolute Gasteiger partial charge is 0.142 e. The molecule has 0 aromatic heterocycles. The predicted molar refractivity (Wildman–Crippen MR) is 121 cm³/mol. The highest BCUT2D eigenvalue weighted by Gasteiger charge is 2.21. The monoisotopic (exact) mass is 396 g/mol. The van der Waals surface area contributed by atoms with E-state index >= 15 is 0 Å². The van der Waals surface area contributed by atoms with E-state index < -0.39 is 0 Å². The van der Waals surface area contributed by atoms with Crippen molar-refractivity contribution in [3.63, 3.8) is 0 Å². The van der Waals surface area contributed by atoms with E-state index in [2.05, 4.69) is 0 Å². The van der Waals surface area contributed by atoms with Crippen LogP contribution in [0.3, 0.4) is 0 Å². The van der Waals surface area contributed by atoms with Crippen LogP contribution >= 0.6 is 11.6 Å². The summed E-state index contributed by atoms with van der Waals surface area (Å²) < 4.78 is 0. The average molecular weight is 397 g/mol. The molecule has 0 atom stereocenters. The summed E-state index contributed by atoms with van der Waals surface area (Å²) in [4.78, 5) is 0. The molecule has 0 unspecified atom stereocenters. The highest BCUT2D eigenvalue weighted by Crippen LogP contribution is 2.50. The Labute approximate surface area is 173 Å². The van der Waals surface area contributed by atoms with E-state index in [-0.39, 0.29) is 16.5 Å². The molecule has 0 spiro atoms. The maximum Gasteiger partial charge on any atom is 0.142 e. The van der Waals surface area contributed by atoms with Gasteiger partial charge < -0.3 is 10.2 Å². The summed E-state index contributed by atoms with van der Waals surface area (Å²) in [6.07, 6.45) is 0. The lowest BCUT2D eigenvalue weighted by molar-refractivity contribution is 0.471. The molecule has 29 heavy (non-hydrogen) atoms. The molecule has 5 rings (SSSR count). The van der Waals surface area contributed by atoms with Gasteiger partial charge in [0.25, 0.3) is 0 Å². The largest absolute Gasteiger partial charge is 0.507 e. The van der Waals surface area contributed by atoms with Gasteiger partial charge in [0.05, 0.1) is 5.02 Å². The maximum atomic E-state index is 11.4. The van der Waals surface area contributed by atoms with E-state index in [0.717, 1.165) is 27.1 Å². The minimum absolute atomic E-state index is 0.0315. The number of phenols is 2. The van der Waals surface area contributed by atoms with Crippen LogP contribution < -0.4 is 0 Å². The summed E-state index contributed by atoms with van der Waals surface area (Å²) in [6, 6.07) is 29.1. The molecule has 5 aromatic carbocycles. The van der Waals surface area contributed by atoms with Crippen molar-refractivity contribution in [3.05, 3.63) is 96.0 Å². The number of hydrogen-bond donors (Lipinski definition) is 2. The normalized spacial score (nSPS) is 11.2. The lowest BCUT2D eigenvalue weighted by Gasteiger charge is -2.18. The lowest BCUT2D eigenvalue weighted by atomic mass is 9.89. The van der Waals surface area contributed by atoms with Gasteiger partial charge in [0.15, 0.2) is 0 Å². The van der Waals surface area contributed by atoms with Crippen molar-refractivity contribution < 1.29 is 10.2 Å². The first kappa shape index (κ1) is 17.6. The molecular formula is C26H17ClO2. The fourth-order valence-electron chi connectivity index (χ4n) is 3.98. The topological polar surface area (TPSA) is 40.5 Å². The molecule has 0 aliphatic heterocycles. The van der Waals surface area contributed by atoms with Crippen molar-refractivity contribution in [3.8, 4) is 33.8 Å². The van der Waals surface area contributed by atoms with Crippen molar-refractivity contribution in [2.24, 2.45) is 0 Å². The minimum Gasteiger partial charge on any atom is -0.507 e. The molecule has 2 nitrogen and oxygen atoms in total. The summed E-state index contributed by atoms with van der Waals surface area (Å²) in [5.41, 5.74) is 2.74. The Morgan fingerprint density at radius 1 is 0.552 bits per heavy atom. The van der Waals surface area contributed by atoms with Gasteiger partial charge in [0, 0.05) is 16.7 Å². The maximum absolute atomic E-state index is 11.4. The molecule has 0 saturated carbocycles. The van der Waals surface area contributed by atoms with Crippen LogP contribution in [0.15, 0.2) is 91.0 Å². The second kappa shape index (κ2) is 6.84. The summed E-state index contributed by atoms with van der Waals surface area (Å²) in [7, 11) is 0. The molecule has 0 aliphatic carbocycles. The summed E-state index contributed by atoms with van der Waals surface area (Å²) in [5, 5.41) is 26.2. The average Bonchev–Trinajstić information content (AvgIpc) is 2.76. The highest BCUT2D eigenvalue weighted by atomic mass is 35.5. The van der Waals surface area contributed by atoms with E-state index in [4.69, 9.17) is 11.6 Å². The Kier molecular flexibility index (Phi) is 4.15. The molecular weight excluding hydrogens is 380 g/mol. The number of halogens is 1. The fraction of sp³-hybridized carbons (Fsp3) is 0. The Morgan fingerprint density at radius 3 is 1.72 bits per heavy atom. The third-order valence-corrected chi connectivity index (χ3v) is 5.62. The summed E-state index contributed by atoms with van der Waals surface area (Å²) >= 11 is 6.37. The molecule has 0 bridgehead atoms. The number of aromatic hydroxyl groups is 2. The van der Waals surface area contributed by atoms with E-state index in [9.17, 15) is 10.2 Å². The second-order valence-electron chi connectivity index (χ2n) is 7.04. The number of rotatable bonds is 2. The Morgan fingerprint density at radius 2 is 1.07 bits per heavy atom. The first-order valence-corrected chi connectivity index (χ1v) is 9.73. The molecule has 0 radical (unpaired) electrons. The molecule has 2 N–H and O–H groups in total. The van der Waals surface area contributed by atoms with Crippen LogP contribution in [0.1, 0.15) is 0 Å². The lowest BCUT2D eigenvalue weighted by Crippen LogP contribution is -1.90. The Balaban J connectivity index is 1.98. The van der Waals surface area contributed by atoms with Crippen LogP contribution in [-0.4, -0.2) is 10.2 Å². The molecule has 0 heterocycles. The van der Waals surface area contributed by atoms with Crippen molar-refractivity contribution in [2.45, 2.75) is 0 Å². The Bertz CT molecular complexity index is 1370. The third kappa shape index (κ3) is 2.81. The Hall–Kier alpha value is -3.49. The summed E-state index contributed by atoms with van der Waals surface area (Å²) in [5.74, 6) is 0.0913. The minimum atomic E-state index is -0.0315. The van der Waals surface area contributed by atoms with Crippen LogP contribution in [-0.2, 0) is 0 Å². The van der Waals surface area contributed by atoms with E-state index in [1.807, 2.05) is 84.9 Å². The molecule has 0 saturated heterocycles. The number of hydrogen-bond acceptors (Lipinski definition) is 2. The van der Waals surface area contributed by atoms with Crippen LogP contribution in [0, 0.1) is 0 Å². The van der Waals surface area contributed by atoms with Gasteiger partial charge in [-0.25, -0.2) is 0 Å². The molecule has 140 valence electrons. The van der Waals surface area contributed by atoms with Crippen molar-refractivity contribution >= 4 is 33.1 Å². The van der Waals surface area contributed by atoms with Gasteiger partial charge in [0.1, 0.15) is 11.5 Å². The zero-order valence-corrected chi connectivity index (χ0v) is 16.2. The highest BCUT2D eigenvalue weighted by molar-refractivity contribution is 6.34. The van der Waals surface area contributed by atoms with Gasteiger partial charge in [-0.3, -0.25) is 0 Å². The number of phenolic OH excluding ortho intramolecular Hbond substituents is 2. The van der Waals surface area contributed by atoms with Crippen LogP contribution in [0.4, 0.5) is 0 Å². The van der Waals surface area contributed by atoms with E-state index in [0.29, 0.717) is 16.7 Å². The standard InChI is InChI=1S/C26H17ClO2/c27-22-15-18-11-5-7-13-20(18)24(26(22)29)23-19-12-6-4-10-17(19)14-21(25(23)28)16-8-2-1-3-9-16/h1-15,28-29H. The van der Waals surface area contributed by atoms with Crippen molar-refractivity contribution in [2.75, 3.05) is 0 Å². The summed E-state index contributed by atoms with van der Waals surface area (Å²) in [6.45, 7) is 0. The van der Waals surface area contributed by atoms with E-state index in [1.165, 1.54) is 0 Å². The predicted octanol–water partition coefficient (Wildman–Crippen LogP) is 7.39. The first-order valence-electron chi connectivity index (χ1n) is 9.36. The van der Waals surface area contributed by atoms with E-state index in [1.54, 1.807) is 6.07 Å². The van der Waals surface area contributed by atoms with Crippen LogP contribution in [0.25, 0.3) is 43.8 Å². The van der Waals surface area contributed by atoms with Crippen LogP contribution in [0.5, 0.6) is 11.5 Å². The molecule has 0 aliphatic rings. The fourth-order valence-corrected chi connectivity index (χ4v) is 4.19. The van der Waals surface area contributed by atoms with Crippen LogP contribution in [0.2, 0.25) is 5.02 Å². The SMILES string of the molecule is Oc1c(Cl)cc2ccccc2c1-c1c(O)c(-c2ccccc2)cc2ccccc12. The quantitative estimate of drug-likeness (QED) is 0.326. The van der Waals surface area contributed by atoms with Crippen molar-refractivity contribution in [1.29, 1.82) is 0 Å². The van der Waals surface area contributed by atoms with Gasteiger partial charge in [-0.1, -0.05) is 90.5 Å². The zero-order chi connectivity index (χ0) is 20.0. The van der Waals surface area contributed by atoms with Gasteiger partial charge in [-0.15, -0.1) is 0 Å². The third-order valence-electron chi connectivity index (χ3n) is 5.33. The van der Waals surface area contributed by atoms with Gasteiger partial charge >= 0.3 is 0 Å². The van der Waals surface area contributed by atoms with Gasteiger partial charge in [-0.05, 0) is 39.2 Å². The molecule has 3 heteroatoms. The second-order valence-corrected chi connectivity index (χ2v) is 7.45. The number of benzene rings is 5. The van der Waals surface area contributed by atoms with Gasteiger partial charge in [0.2, 0.25) is 0 Å². The van der Waals surface area contributed by atoms with Crippen molar-refractivity contribution in [1.82, 2.24) is 0 Å².